The van der Waals surface area contributed by atoms with Crippen molar-refractivity contribution < 1.29 is 9.90 Å². The van der Waals surface area contributed by atoms with Gasteiger partial charge < -0.3 is 15.7 Å². The molecule has 0 aliphatic carbocycles. The van der Waals surface area contributed by atoms with Gasteiger partial charge in [-0.05, 0) is 41.3 Å². The number of aliphatic hydroxyl groups is 1. The number of hydrogen-bond donors (Lipinski definition) is 3. The fourth-order valence-corrected chi connectivity index (χ4v) is 2.77. The fraction of sp³-hybridized carbons (Fsp3) is 0.136. The van der Waals surface area contributed by atoms with E-state index in [2.05, 4.69) is 22.8 Å². The fourth-order valence-electron chi connectivity index (χ4n) is 2.77. The lowest BCUT2D eigenvalue weighted by Crippen LogP contribution is -2.22. The molecule has 3 rings (SSSR count). The van der Waals surface area contributed by atoms with E-state index in [1.165, 1.54) is 5.56 Å². The Balaban J connectivity index is 1.62. The van der Waals surface area contributed by atoms with Gasteiger partial charge in [0.15, 0.2) is 0 Å². The van der Waals surface area contributed by atoms with Crippen LogP contribution < -0.4 is 10.6 Å². The molecule has 3 N–H and O–H groups in total. The van der Waals surface area contributed by atoms with Gasteiger partial charge in [-0.2, -0.15) is 0 Å². The van der Waals surface area contributed by atoms with E-state index in [0.717, 1.165) is 28.9 Å². The standard InChI is InChI=1S/C22H22N2O2/c25-16-18-9-6-11-20(14-18)23-15-22(26)24-21-12-5-4-10-19(21)13-17-7-2-1-3-8-17/h1-12,14,23,25H,13,15-16H2,(H,24,26). The molecule has 26 heavy (non-hydrogen) atoms. The highest BCUT2D eigenvalue weighted by atomic mass is 16.3. The number of carbonyl (C=O) groups excluding carboxylic acids is 1. The van der Waals surface area contributed by atoms with E-state index in [4.69, 9.17) is 0 Å². The molecule has 0 radical (unpaired) electrons. The van der Waals surface area contributed by atoms with Crippen LogP contribution in [0.25, 0.3) is 0 Å². The highest BCUT2D eigenvalue weighted by molar-refractivity contribution is 5.94. The number of para-hydroxylation sites is 1. The van der Waals surface area contributed by atoms with E-state index in [1.54, 1.807) is 0 Å². The topological polar surface area (TPSA) is 61.4 Å². The summed E-state index contributed by atoms with van der Waals surface area (Å²) in [4.78, 5) is 12.3. The second kappa shape index (κ2) is 8.83. The van der Waals surface area contributed by atoms with Gasteiger partial charge in [-0.3, -0.25) is 4.79 Å². The molecule has 0 saturated carbocycles. The maximum Gasteiger partial charge on any atom is 0.243 e. The Hall–Kier alpha value is -3.11. The van der Waals surface area contributed by atoms with Gasteiger partial charge in [-0.15, -0.1) is 0 Å². The molecule has 0 saturated heterocycles. The first kappa shape index (κ1) is 17.7. The quantitative estimate of drug-likeness (QED) is 0.609. The number of nitrogens with one attached hydrogen (secondary N) is 2. The molecule has 3 aromatic carbocycles. The van der Waals surface area contributed by atoms with Gasteiger partial charge in [-0.1, -0.05) is 60.7 Å². The third kappa shape index (κ3) is 4.94. The van der Waals surface area contributed by atoms with Crippen LogP contribution in [0.4, 0.5) is 11.4 Å². The van der Waals surface area contributed by atoms with Crippen molar-refractivity contribution in [2.45, 2.75) is 13.0 Å². The van der Waals surface area contributed by atoms with Crippen molar-refractivity contribution >= 4 is 17.3 Å². The van der Waals surface area contributed by atoms with Crippen molar-refractivity contribution in [3.8, 4) is 0 Å². The molecule has 0 aliphatic rings. The lowest BCUT2D eigenvalue weighted by molar-refractivity contribution is -0.114. The van der Waals surface area contributed by atoms with E-state index in [9.17, 15) is 9.90 Å². The van der Waals surface area contributed by atoms with Gasteiger partial charge in [-0.25, -0.2) is 0 Å². The number of hydrogen-bond acceptors (Lipinski definition) is 3. The first-order chi connectivity index (χ1) is 12.7. The Morgan fingerprint density at radius 2 is 1.58 bits per heavy atom. The van der Waals surface area contributed by atoms with Crippen molar-refractivity contribution in [1.82, 2.24) is 0 Å². The molecule has 0 aliphatic heterocycles. The number of benzene rings is 3. The van der Waals surface area contributed by atoms with Crippen molar-refractivity contribution in [2.75, 3.05) is 17.2 Å². The predicted octanol–water partition coefficient (Wildman–Crippen LogP) is 3.82. The van der Waals surface area contributed by atoms with Crippen LogP contribution in [-0.4, -0.2) is 17.6 Å². The van der Waals surface area contributed by atoms with Gasteiger partial charge in [0.2, 0.25) is 5.91 Å². The number of anilines is 2. The molecule has 0 fully saturated rings. The van der Waals surface area contributed by atoms with Crippen LogP contribution in [0, 0.1) is 0 Å². The van der Waals surface area contributed by atoms with Crippen LogP contribution in [0.2, 0.25) is 0 Å². The zero-order valence-electron chi connectivity index (χ0n) is 14.5. The van der Waals surface area contributed by atoms with Crippen molar-refractivity contribution in [2.24, 2.45) is 0 Å². The summed E-state index contributed by atoms with van der Waals surface area (Å²) in [6.07, 6.45) is 0.767. The highest BCUT2D eigenvalue weighted by Crippen LogP contribution is 2.19. The van der Waals surface area contributed by atoms with Crippen LogP contribution in [0.5, 0.6) is 0 Å². The monoisotopic (exact) mass is 346 g/mol. The summed E-state index contributed by atoms with van der Waals surface area (Å²) in [7, 11) is 0. The SMILES string of the molecule is O=C(CNc1cccc(CO)c1)Nc1ccccc1Cc1ccccc1. The normalized spacial score (nSPS) is 10.3. The van der Waals surface area contributed by atoms with Crippen LogP contribution in [0.15, 0.2) is 78.9 Å². The van der Waals surface area contributed by atoms with E-state index < -0.39 is 0 Å². The number of amides is 1. The minimum absolute atomic E-state index is 0.0193. The van der Waals surface area contributed by atoms with E-state index in [0.29, 0.717) is 0 Å². The smallest absolute Gasteiger partial charge is 0.243 e. The van der Waals surface area contributed by atoms with Crippen LogP contribution in [0.1, 0.15) is 16.7 Å². The van der Waals surface area contributed by atoms with Crippen LogP contribution in [-0.2, 0) is 17.8 Å². The first-order valence-electron chi connectivity index (χ1n) is 8.60. The average Bonchev–Trinajstić information content (AvgIpc) is 2.69. The van der Waals surface area contributed by atoms with Crippen LogP contribution in [0.3, 0.4) is 0 Å². The molecule has 1 amide bonds. The zero-order valence-corrected chi connectivity index (χ0v) is 14.5. The molecular formula is C22H22N2O2. The molecule has 0 aromatic heterocycles. The summed E-state index contributed by atoms with van der Waals surface area (Å²) in [5.41, 5.74) is 4.72. The Morgan fingerprint density at radius 1 is 0.846 bits per heavy atom. The average molecular weight is 346 g/mol. The summed E-state index contributed by atoms with van der Waals surface area (Å²) >= 11 is 0. The van der Waals surface area contributed by atoms with Gasteiger partial charge in [0.05, 0.1) is 13.2 Å². The van der Waals surface area contributed by atoms with Crippen molar-refractivity contribution in [3.05, 3.63) is 95.6 Å². The Bertz CT molecular complexity index is 863. The maximum atomic E-state index is 12.3. The van der Waals surface area contributed by atoms with E-state index >= 15 is 0 Å². The van der Waals surface area contributed by atoms with E-state index in [-0.39, 0.29) is 19.1 Å². The molecule has 132 valence electrons. The molecule has 4 nitrogen and oxygen atoms in total. The Morgan fingerprint density at radius 3 is 2.38 bits per heavy atom. The van der Waals surface area contributed by atoms with Gasteiger partial charge >= 0.3 is 0 Å². The molecular weight excluding hydrogens is 324 g/mol. The lowest BCUT2D eigenvalue weighted by atomic mass is 10.0. The second-order valence-corrected chi connectivity index (χ2v) is 6.08. The highest BCUT2D eigenvalue weighted by Gasteiger charge is 2.07. The van der Waals surface area contributed by atoms with Crippen molar-refractivity contribution in [1.29, 1.82) is 0 Å². The molecule has 0 unspecified atom stereocenters. The predicted molar refractivity (Wildman–Crippen MR) is 105 cm³/mol. The van der Waals surface area contributed by atoms with E-state index in [1.807, 2.05) is 66.7 Å². The Kier molecular flexibility index (Phi) is 6.01. The molecule has 3 aromatic rings. The number of carbonyl (C=O) groups is 1. The molecule has 0 bridgehead atoms. The number of rotatable bonds is 7. The Labute approximate surface area is 153 Å². The summed E-state index contributed by atoms with van der Waals surface area (Å²) in [5, 5.41) is 15.2. The number of aliphatic hydroxyl groups excluding tert-OH is 1. The molecule has 0 spiro atoms. The van der Waals surface area contributed by atoms with Gasteiger partial charge in [0.25, 0.3) is 0 Å². The summed E-state index contributed by atoms with van der Waals surface area (Å²) in [6, 6.07) is 25.4. The minimum Gasteiger partial charge on any atom is -0.392 e. The second-order valence-electron chi connectivity index (χ2n) is 6.08. The molecule has 4 heteroatoms. The summed E-state index contributed by atoms with van der Waals surface area (Å²) in [5.74, 6) is -0.111. The lowest BCUT2D eigenvalue weighted by Gasteiger charge is -2.12. The minimum atomic E-state index is -0.111. The van der Waals surface area contributed by atoms with Crippen molar-refractivity contribution in [3.63, 3.8) is 0 Å². The summed E-state index contributed by atoms with van der Waals surface area (Å²) in [6.45, 7) is 0.142. The molecule has 0 heterocycles. The van der Waals surface area contributed by atoms with Gasteiger partial charge in [0.1, 0.15) is 0 Å². The zero-order chi connectivity index (χ0) is 18.2. The third-order valence-corrected chi connectivity index (χ3v) is 4.09. The van der Waals surface area contributed by atoms with Crippen LogP contribution >= 0.6 is 0 Å². The first-order valence-corrected chi connectivity index (χ1v) is 8.60. The molecule has 0 atom stereocenters. The largest absolute Gasteiger partial charge is 0.392 e. The summed E-state index contributed by atoms with van der Waals surface area (Å²) < 4.78 is 0. The third-order valence-electron chi connectivity index (χ3n) is 4.09. The van der Waals surface area contributed by atoms with Gasteiger partial charge in [0, 0.05) is 11.4 Å². The maximum absolute atomic E-state index is 12.3.